The van der Waals surface area contributed by atoms with Gasteiger partial charge in [-0.15, -0.1) is 11.3 Å². The maximum atomic E-state index is 6.52. The van der Waals surface area contributed by atoms with E-state index < -0.39 is 5.54 Å². The Morgan fingerprint density at radius 2 is 2.00 bits per heavy atom. The molecule has 1 aliphatic rings. The lowest BCUT2D eigenvalue weighted by Crippen LogP contribution is -2.37. The minimum atomic E-state index is -0.400. The Bertz CT molecular complexity index is 567. The van der Waals surface area contributed by atoms with Crippen LogP contribution in [0.5, 0.6) is 0 Å². The van der Waals surface area contributed by atoms with Gasteiger partial charge in [-0.25, -0.2) is 0 Å². The summed E-state index contributed by atoms with van der Waals surface area (Å²) in [5.41, 5.74) is 6.12. The largest absolute Gasteiger partial charge is 0.333 e. The molecule has 4 nitrogen and oxygen atoms in total. The molecule has 1 saturated carbocycles. The Hall–Kier alpha value is -1.20. The van der Waals surface area contributed by atoms with Gasteiger partial charge in [0.25, 0.3) is 5.89 Å². The lowest BCUT2D eigenvalue weighted by Gasteiger charge is -2.23. The quantitative estimate of drug-likeness (QED) is 0.872. The Morgan fingerprint density at radius 1 is 1.25 bits per heavy atom. The molecular formula is C15H21N3OS. The number of hydrogen-bond acceptors (Lipinski definition) is 5. The Labute approximate surface area is 123 Å². The minimum Gasteiger partial charge on any atom is -0.333 e. The second-order valence-electron chi connectivity index (χ2n) is 5.61. The highest BCUT2D eigenvalue weighted by Crippen LogP contribution is 2.34. The molecular weight excluding hydrogens is 270 g/mol. The van der Waals surface area contributed by atoms with E-state index in [1.165, 1.54) is 17.7 Å². The maximum absolute atomic E-state index is 6.52. The van der Waals surface area contributed by atoms with Gasteiger partial charge in [0.05, 0.1) is 10.4 Å². The van der Waals surface area contributed by atoms with Crippen LogP contribution in [0.3, 0.4) is 0 Å². The van der Waals surface area contributed by atoms with Crippen molar-refractivity contribution in [3.05, 3.63) is 22.8 Å². The topological polar surface area (TPSA) is 64.9 Å². The van der Waals surface area contributed by atoms with Crippen LogP contribution in [0.2, 0.25) is 0 Å². The highest BCUT2D eigenvalue weighted by Gasteiger charge is 2.33. The van der Waals surface area contributed by atoms with Crippen molar-refractivity contribution < 1.29 is 4.52 Å². The van der Waals surface area contributed by atoms with Crippen molar-refractivity contribution in [2.24, 2.45) is 5.73 Å². The number of thiophene rings is 1. The summed E-state index contributed by atoms with van der Waals surface area (Å²) >= 11 is 1.71. The normalized spacial score (nSPS) is 18.9. The first-order valence-corrected chi connectivity index (χ1v) is 8.25. The predicted molar refractivity (Wildman–Crippen MR) is 80.6 cm³/mol. The van der Waals surface area contributed by atoms with Crippen molar-refractivity contribution in [3.63, 3.8) is 0 Å². The molecule has 1 fully saturated rings. The van der Waals surface area contributed by atoms with Gasteiger partial charge < -0.3 is 10.3 Å². The van der Waals surface area contributed by atoms with Gasteiger partial charge in [-0.1, -0.05) is 37.8 Å². The fraction of sp³-hybridized carbons (Fsp3) is 0.600. The van der Waals surface area contributed by atoms with Crippen LogP contribution in [0.1, 0.15) is 56.2 Å². The first-order valence-electron chi connectivity index (χ1n) is 7.43. The molecule has 0 bridgehead atoms. The fourth-order valence-electron chi connectivity index (χ4n) is 2.79. The molecule has 5 heteroatoms. The summed E-state index contributed by atoms with van der Waals surface area (Å²) in [7, 11) is 0. The van der Waals surface area contributed by atoms with Gasteiger partial charge in [0.1, 0.15) is 0 Å². The van der Waals surface area contributed by atoms with E-state index in [-0.39, 0.29) is 0 Å². The van der Waals surface area contributed by atoms with Crippen molar-refractivity contribution in [3.8, 4) is 10.8 Å². The molecule has 20 heavy (non-hydrogen) atoms. The summed E-state index contributed by atoms with van der Waals surface area (Å²) in [4.78, 5) is 6.94. The Balaban J connectivity index is 1.85. The zero-order valence-corrected chi connectivity index (χ0v) is 12.7. The van der Waals surface area contributed by atoms with Crippen molar-refractivity contribution in [1.29, 1.82) is 0 Å². The Kier molecular flexibility index (Phi) is 3.89. The average molecular weight is 291 g/mol. The monoisotopic (exact) mass is 291 g/mol. The number of aromatic nitrogens is 2. The first-order chi connectivity index (χ1) is 9.71. The summed E-state index contributed by atoms with van der Waals surface area (Å²) in [5.74, 6) is 1.29. The summed E-state index contributed by atoms with van der Waals surface area (Å²) < 4.78 is 5.44. The average Bonchev–Trinajstić information content (AvgIpc) is 3.06. The highest BCUT2D eigenvalue weighted by molar-refractivity contribution is 7.15. The molecule has 1 aliphatic carbocycles. The summed E-state index contributed by atoms with van der Waals surface area (Å²) in [5, 5.41) is 4.16. The zero-order chi connectivity index (χ0) is 14.0. The molecule has 0 aliphatic heterocycles. The second kappa shape index (κ2) is 5.66. The molecule has 0 unspecified atom stereocenters. The molecule has 0 aromatic carbocycles. The van der Waals surface area contributed by atoms with Gasteiger partial charge in [0.15, 0.2) is 5.82 Å². The standard InChI is InChI=1S/C15H21N3OS/c1-2-11-7-8-12(20-11)13-17-14(18-19-13)15(16)9-5-3-4-6-10-15/h7-8H,2-6,9-10,16H2,1H3. The minimum absolute atomic E-state index is 0.400. The zero-order valence-electron chi connectivity index (χ0n) is 11.9. The van der Waals surface area contributed by atoms with Crippen LogP contribution in [-0.4, -0.2) is 10.1 Å². The third-order valence-corrected chi connectivity index (χ3v) is 5.31. The number of aryl methyl sites for hydroxylation is 1. The van der Waals surface area contributed by atoms with Gasteiger partial charge in [-0.05, 0) is 31.4 Å². The smallest absolute Gasteiger partial charge is 0.268 e. The Morgan fingerprint density at radius 3 is 2.65 bits per heavy atom. The van der Waals surface area contributed by atoms with Gasteiger partial charge in [0, 0.05) is 4.88 Å². The van der Waals surface area contributed by atoms with Crippen LogP contribution in [0, 0.1) is 0 Å². The summed E-state index contributed by atoms with van der Waals surface area (Å²) in [6.45, 7) is 2.15. The van der Waals surface area contributed by atoms with E-state index in [4.69, 9.17) is 10.3 Å². The van der Waals surface area contributed by atoms with Crippen molar-refractivity contribution in [2.75, 3.05) is 0 Å². The van der Waals surface area contributed by atoms with Crippen molar-refractivity contribution >= 4 is 11.3 Å². The first kappa shape index (κ1) is 13.8. The molecule has 0 radical (unpaired) electrons. The molecule has 0 atom stereocenters. The van der Waals surface area contributed by atoms with E-state index in [2.05, 4.69) is 29.2 Å². The lowest BCUT2D eigenvalue weighted by molar-refractivity contribution is 0.334. The lowest BCUT2D eigenvalue weighted by atomic mass is 9.91. The maximum Gasteiger partial charge on any atom is 0.268 e. The van der Waals surface area contributed by atoms with E-state index in [1.54, 1.807) is 11.3 Å². The van der Waals surface area contributed by atoms with Crippen molar-refractivity contribution in [2.45, 2.75) is 57.4 Å². The predicted octanol–water partition coefficient (Wildman–Crippen LogP) is 3.87. The number of nitrogens with zero attached hydrogens (tertiary/aromatic N) is 2. The fourth-order valence-corrected chi connectivity index (χ4v) is 3.66. The molecule has 2 aromatic rings. The molecule has 108 valence electrons. The molecule has 0 amide bonds. The number of hydrogen-bond donors (Lipinski definition) is 1. The molecule has 2 aromatic heterocycles. The molecule has 0 spiro atoms. The molecule has 3 rings (SSSR count). The third-order valence-electron chi connectivity index (χ3n) is 4.09. The SMILES string of the molecule is CCc1ccc(-c2nc(C3(N)CCCCCC3)no2)s1. The van der Waals surface area contributed by atoms with Crippen molar-refractivity contribution in [1.82, 2.24) is 10.1 Å². The second-order valence-corrected chi connectivity index (χ2v) is 6.78. The summed E-state index contributed by atoms with van der Waals surface area (Å²) in [6.07, 6.45) is 7.77. The van der Waals surface area contributed by atoms with Crippen LogP contribution in [0.4, 0.5) is 0 Å². The van der Waals surface area contributed by atoms with Gasteiger partial charge in [0.2, 0.25) is 0 Å². The van der Waals surface area contributed by atoms with Gasteiger partial charge >= 0.3 is 0 Å². The third kappa shape index (κ3) is 2.65. The van der Waals surface area contributed by atoms with Crippen LogP contribution in [-0.2, 0) is 12.0 Å². The van der Waals surface area contributed by atoms with Gasteiger partial charge in [-0.3, -0.25) is 0 Å². The van der Waals surface area contributed by atoms with Gasteiger partial charge in [-0.2, -0.15) is 4.98 Å². The van der Waals surface area contributed by atoms with E-state index in [0.29, 0.717) is 11.7 Å². The highest BCUT2D eigenvalue weighted by atomic mass is 32.1. The van der Waals surface area contributed by atoms with Crippen LogP contribution in [0.15, 0.2) is 16.7 Å². The van der Waals surface area contributed by atoms with E-state index in [9.17, 15) is 0 Å². The van der Waals surface area contributed by atoms with Crippen LogP contribution in [0.25, 0.3) is 10.8 Å². The van der Waals surface area contributed by atoms with Crippen LogP contribution >= 0.6 is 11.3 Å². The summed E-state index contributed by atoms with van der Waals surface area (Å²) in [6, 6.07) is 4.17. The van der Waals surface area contributed by atoms with E-state index in [1.807, 2.05) is 0 Å². The van der Waals surface area contributed by atoms with E-state index in [0.717, 1.165) is 37.0 Å². The molecule has 2 N–H and O–H groups in total. The van der Waals surface area contributed by atoms with Crippen LogP contribution < -0.4 is 5.73 Å². The number of nitrogens with two attached hydrogens (primary N) is 1. The number of rotatable bonds is 3. The van der Waals surface area contributed by atoms with E-state index >= 15 is 0 Å². The molecule has 0 saturated heterocycles. The molecule has 2 heterocycles.